The highest BCUT2D eigenvalue weighted by Crippen LogP contribution is 2.17. The van der Waals surface area contributed by atoms with Crippen molar-refractivity contribution in [3.63, 3.8) is 0 Å². The van der Waals surface area contributed by atoms with E-state index in [1.165, 1.54) is 6.21 Å². The molecule has 0 atom stereocenters. The lowest BCUT2D eigenvalue weighted by Crippen LogP contribution is -2.32. The van der Waals surface area contributed by atoms with E-state index in [9.17, 15) is 14.4 Å². The van der Waals surface area contributed by atoms with Gasteiger partial charge in [-0.05, 0) is 88.7 Å². The Labute approximate surface area is 199 Å². The van der Waals surface area contributed by atoms with Crippen LogP contribution in [0.25, 0.3) is 0 Å². The third-order valence-corrected chi connectivity index (χ3v) is 5.33. The van der Waals surface area contributed by atoms with Crippen LogP contribution in [0.15, 0.2) is 77.9 Å². The molecule has 0 radical (unpaired) electrons. The maximum atomic E-state index is 12.3. The lowest BCUT2D eigenvalue weighted by atomic mass is 10.1. The molecule has 32 heavy (non-hydrogen) atoms. The van der Waals surface area contributed by atoms with Gasteiger partial charge in [0, 0.05) is 9.26 Å². The average Bonchev–Trinajstić information content (AvgIpc) is 2.80. The van der Waals surface area contributed by atoms with Gasteiger partial charge in [-0.3, -0.25) is 9.59 Å². The Morgan fingerprint density at radius 2 is 1.62 bits per heavy atom. The fourth-order valence-corrected chi connectivity index (χ4v) is 3.25. The summed E-state index contributed by atoms with van der Waals surface area (Å²) in [4.78, 5) is 36.1. The second-order valence-corrected chi connectivity index (χ2v) is 7.80. The van der Waals surface area contributed by atoms with Gasteiger partial charge in [-0.2, -0.15) is 5.10 Å². The second kappa shape index (κ2) is 11.2. The van der Waals surface area contributed by atoms with Gasteiger partial charge in [-0.1, -0.05) is 31.2 Å². The van der Waals surface area contributed by atoms with Crippen molar-refractivity contribution in [3.05, 3.63) is 93.1 Å². The van der Waals surface area contributed by atoms with Crippen LogP contribution >= 0.6 is 22.6 Å². The van der Waals surface area contributed by atoms with Gasteiger partial charge >= 0.3 is 17.8 Å². The Kier molecular flexibility index (Phi) is 8.09. The van der Waals surface area contributed by atoms with E-state index in [2.05, 4.69) is 38.4 Å². The fraction of sp³-hybridized carbons (Fsp3) is 0.0833. The van der Waals surface area contributed by atoms with Crippen LogP contribution in [-0.2, 0) is 16.0 Å². The van der Waals surface area contributed by atoms with Gasteiger partial charge in [-0.25, -0.2) is 10.2 Å². The summed E-state index contributed by atoms with van der Waals surface area (Å²) in [7, 11) is 0. The Bertz CT molecular complexity index is 1140. The standard InChI is InChI=1S/C24H20IN3O4/c1-2-16-7-11-18(12-8-16)27-22(29)23(30)28-26-15-17-9-13-19(14-10-17)32-24(31)20-5-3-4-6-21(20)25/h3-15H,2H2,1H3,(H,27,29)(H,28,30)/b26-15+. The first-order valence-electron chi connectivity index (χ1n) is 9.76. The minimum absolute atomic E-state index is 0.379. The van der Waals surface area contributed by atoms with Crippen molar-refractivity contribution in [1.82, 2.24) is 5.43 Å². The van der Waals surface area contributed by atoms with Gasteiger partial charge in [-0.15, -0.1) is 0 Å². The van der Waals surface area contributed by atoms with Crippen molar-refractivity contribution in [2.75, 3.05) is 5.32 Å². The van der Waals surface area contributed by atoms with Crippen LogP contribution in [0, 0.1) is 3.57 Å². The molecular formula is C24H20IN3O4. The molecule has 0 spiro atoms. The number of hydrogen-bond acceptors (Lipinski definition) is 5. The number of hydrogen-bond donors (Lipinski definition) is 2. The van der Waals surface area contributed by atoms with Crippen LogP contribution in [0.2, 0.25) is 0 Å². The average molecular weight is 541 g/mol. The monoisotopic (exact) mass is 541 g/mol. The third kappa shape index (κ3) is 6.48. The van der Waals surface area contributed by atoms with Gasteiger partial charge in [0.25, 0.3) is 0 Å². The Hall–Kier alpha value is -3.53. The van der Waals surface area contributed by atoms with E-state index in [0.717, 1.165) is 15.6 Å². The lowest BCUT2D eigenvalue weighted by molar-refractivity contribution is -0.136. The number of nitrogens with zero attached hydrogens (tertiary/aromatic N) is 1. The van der Waals surface area contributed by atoms with Crippen LogP contribution in [0.3, 0.4) is 0 Å². The maximum absolute atomic E-state index is 12.3. The summed E-state index contributed by atoms with van der Waals surface area (Å²) < 4.78 is 6.17. The maximum Gasteiger partial charge on any atom is 0.344 e. The minimum Gasteiger partial charge on any atom is -0.423 e. The van der Waals surface area contributed by atoms with E-state index in [4.69, 9.17) is 4.74 Å². The molecule has 0 unspecified atom stereocenters. The number of aryl methyl sites for hydroxylation is 1. The van der Waals surface area contributed by atoms with Gasteiger partial charge in [0.05, 0.1) is 11.8 Å². The Balaban J connectivity index is 1.50. The topological polar surface area (TPSA) is 96.9 Å². The number of anilines is 1. The molecule has 3 rings (SSSR count). The van der Waals surface area contributed by atoms with Gasteiger partial charge < -0.3 is 10.1 Å². The summed E-state index contributed by atoms with van der Waals surface area (Å²) in [6.45, 7) is 2.03. The predicted molar refractivity (Wildman–Crippen MR) is 131 cm³/mol. The SMILES string of the molecule is CCc1ccc(NC(=O)C(=O)N/N=C/c2ccc(OC(=O)c3ccccc3I)cc2)cc1. The fourth-order valence-electron chi connectivity index (χ4n) is 2.64. The van der Waals surface area contributed by atoms with Crippen LogP contribution in [0.5, 0.6) is 5.75 Å². The quantitative estimate of drug-likeness (QED) is 0.122. The van der Waals surface area contributed by atoms with Gasteiger partial charge in [0.2, 0.25) is 0 Å². The Morgan fingerprint density at radius 1 is 0.938 bits per heavy atom. The summed E-state index contributed by atoms with van der Waals surface area (Å²) in [5, 5.41) is 6.30. The largest absolute Gasteiger partial charge is 0.423 e. The molecule has 0 saturated carbocycles. The molecule has 0 aliphatic carbocycles. The number of ether oxygens (including phenoxy) is 1. The van der Waals surface area contributed by atoms with Crippen LogP contribution in [0.4, 0.5) is 5.69 Å². The molecule has 0 bridgehead atoms. The van der Waals surface area contributed by atoms with E-state index < -0.39 is 17.8 Å². The first kappa shape index (κ1) is 23.1. The molecule has 2 N–H and O–H groups in total. The smallest absolute Gasteiger partial charge is 0.344 e. The summed E-state index contributed by atoms with van der Waals surface area (Å²) in [6, 6.07) is 21.0. The van der Waals surface area contributed by atoms with Crippen molar-refractivity contribution >= 4 is 52.3 Å². The highest BCUT2D eigenvalue weighted by Gasteiger charge is 2.13. The van der Waals surface area contributed by atoms with E-state index in [1.807, 2.05) is 31.2 Å². The summed E-state index contributed by atoms with van der Waals surface area (Å²) in [6.07, 6.45) is 2.27. The molecule has 0 aromatic heterocycles. The number of amides is 2. The zero-order valence-corrected chi connectivity index (χ0v) is 19.3. The van der Waals surface area contributed by atoms with Crippen molar-refractivity contribution in [2.24, 2.45) is 5.10 Å². The zero-order chi connectivity index (χ0) is 22.9. The van der Waals surface area contributed by atoms with E-state index >= 15 is 0 Å². The van der Waals surface area contributed by atoms with Gasteiger partial charge in [0.15, 0.2) is 0 Å². The Morgan fingerprint density at radius 3 is 2.28 bits per heavy atom. The molecule has 7 nitrogen and oxygen atoms in total. The number of esters is 1. The molecular weight excluding hydrogens is 521 g/mol. The molecule has 162 valence electrons. The minimum atomic E-state index is -0.885. The number of nitrogens with one attached hydrogen (secondary N) is 2. The van der Waals surface area contributed by atoms with Crippen LogP contribution < -0.4 is 15.5 Å². The molecule has 0 saturated heterocycles. The number of halogens is 1. The van der Waals surface area contributed by atoms with Crippen molar-refractivity contribution < 1.29 is 19.1 Å². The van der Waals surface area contributed by atoms with Crippen molar-refractivity contribution in [2.45, 2.75) is 13.3 Å². The molecule has 0 fully saturated rings. The van der Waals surface area contributed by atoms with E-state index in [0.29, 0.717) is 22.6 Å². The zero-order valence-electron chi connectivity index (χ0n) is 17.2. The lowest BCUT2D eigenvalue weighted by Gasteiger charge is -2.06. The molecule has 2 amide bonds. The number of hydrazone groups is 1. The van der Waals surface area contributed by atoms with Gasteiger partial charge in [0.1, 0.15) is 5.75 Å². The highest BCUT2D eigenvalue weighted by molar-refractivity contribution is 14.1. The molecule has 0 aliphatic rings. The number of carbonyl (C=O) groups is 3. The number of carbonyl (C=O) groups excluding carboxylic acids is 3. The summed E-state index contributed by atoms with van der Waals surface area (Å²) in [5.74, 6) is -1.77. The summed E-state index contributed by atoms with van der Waals surface area (Å²) in [5.41, 5.74) is 4.98. The van der Waals surface area contributed by atoms with Crippen molar-refractivity contribution in [3.8, 4) is 5.75 Å². The third-order valence-electron chi connectivity index (χ3n) is 4.39. The number of rotatable bonds is 6. The number of benzene rings is 3. The van der Waals surface area contributed by atoms with Crippen LogP contribution in [-0.4, -0.2) is 24.0 Å². The van der Waals surface area contributed by atoms with E-state index in [1.54, 1.807) is 48.5 Å². The second-order valence-electron chi connectivity index (χ2n) is 6.64. The highest BCUT2D eigenvalue weighted by atomic mass is 127. The molecule has 8 heteroatoms. The van der Waals surface area contributed by atoms with Crippen molar-refractivity contribution in [1.29, 1.82) is 0 Å². The summed E-state index contributed by atoms with van der Waals surface area (Å²) >= 11 is 2.08. The first-order valence-corrected chi connectivity index (χ1v) is 10.8. The molecule has 3 aromatic carbocycles. The first-order chi connectivity index (χ1) is 15.5. The predicted octanol–water partition coefficient (Wildman–Crippen LogP) is 4.16. The molecule has 0 heterocycles. The van der Waals surface area contributed by atoms with E-state index in [-0.39, 0.29) is 0 Å². The van der Waals surface area contributed by atoms with Crippen LogP contribution in [0.1, 0.15) is 28.4 Å². The molecule has 0 aliphatic heterocycles. The molecule has 3 aromatic rings. The normalized spacial score (nSPS) is 10.6.